The SMILES string of the molecule is Cc1ccc(NC(=O)c2nc(C(=O)NCC3CCCO3)n3c2CCCC3)cc1C. The molecule has 2 aromatic rings. The van der Waals surface area contributed by atoms with Gasteiger partial charge in [-0.05, 0) is 69.2 Å². The minimum atomic E-state index is -0.267. The van der Waals surface area contributed by atoms with Crippen molar-refractivity contribution in [3.8, 4) is 0 Å². The third-order valence-corrected chi connectivity index (χ3v) is 5.82. The first-order valence-corrected chi connectivity index (χ1v) is 10.4. The van der Waals surface area contributed by atoms with E-state index in [1.54, 1.807) is 0 Å². The number of ether oxygens (including phenoxy) is 1. The number of fused-ring (bicyclic) bond motifs is 1. The summed E-state index contributed by atoms with van der Waals surface area (Å²) in [6.45, 7) is 5.99. The third kappa shape index (κ3) is 4.19. The molecule has 0 radical (unpaired) electrons. The Morgan fingerprint density at radius 1 is 1.17 bits per heavy atom. The van der Waals surface area contributed by atoms with Crippen molar-refractivity contribution in [3.05, 3.63) is 46.5 Å². The standard InChI is InChI=1S/C22H28N4O3/c1-14-8-9-16(12-15(14)2)24-21(27)19-18-7-3-4-10-26(18)20(25-19)22(28)23-13-17-6-5-11-29-17/h8-9,12,17H,3-7,10-11,13H2,1-2H3,(H,23,28)(H,24,27). The summed E-state index contributed by atoms with van der Waals surface area (Å²) in [6, 6.07) is 5.82. The van der Waals surface area contributed by atoms with Crippen LogP contribution in [0.4, 0.5) is 5.69 Å². The predicted molar refractivity (Wildman–Crippen MR) is 110 cm³/mol. The van der Waals surface area contributed by atoms with Crippen LogP contribution in [0.25, 0.3) is 0 Å². The van der Waals surface area contributed by atoms with Gasteiger partial charge in [0.1, 0.15) is 0 Å². The van der Waals surface area contributed by atoms with E-state index in [1.165, 1.54) is 5.56 Å². The van der Waals surface area contributed by atoms with Crippen molar-refractivity contribution in [1.29, 1.82) is 0 Å². The first kappa shape index (κ1) is 19.6. The molecule has 1 fully saturated rings. The van der Waals surface area contributed by atoms with Gasteiger partial charge in [-0.25, -0.2) is 4.98 Å². The second-order valence-corrected chi connectivity index (χ2v) is 7.94. The van der Waals surface area contributed by atoms with Crippen molar-refractivity contribution in [2.24, 2.45) is 0 Å². The minimum Gasteiger partial charge on any atom is -0.376 e. The Hall–Kier alpha value is -2.67. The fourth-order valence-electron chi connectivity index (χ4n) is 4.00. The van der Waals surface area contributed by atoms with Crippen LogP contribution in [-0.4, -0.2) is 40.6 Å². The third-order valence-electron chi connectivity index (χ3n) is 5.82. The maximum atomic E-state index is 12.9. The molecule has 2 N–H and O–H groups in total. The zero-order valence-corrected chi connectivity index (χ0v) is 17.1. The van der Waals surface area contributed by atoms with Crippen LogP contribution in [0.5, 0.6) is 0 Å². The highest BCUT2D eigenvalue weighted by Crippen LogP contribution is 2.23. The fraction of sp³-hybridized carbons (Fsp3) is 0.500. The number of nitrogens with one attached hydrogen (secondary N) is 2. The van der Waals surface area contributed by atoms with E-state index < -0.39 is 0 Å². The monoisotopic (exact) mass is 396 g/mol. The number of carbonyl (C=O) groups is 2. The van der Waals surface area contributed by atoms with Crippen molar-refractivity contribution in [3.63, 3.8) is 0 Å². The smallest absolute Gasteiger partial charge is 0.287 e. The van der Waals surface area contributed by atoms with Crippen LogP contribution in [0, 0.1) is 13.8 Å². The van der Waals surface area contributed by atoms with Crippen molar-refractivity contribution in [2.45, 2.75) is 58.6 Å². The van der Waals surface area contributed by atoms with Gasteiger partial charge in [-0.1, -0.05) is 6.07 Å². The van der Waals surface area contributed by atoms with Gasteiger partial charge in [-0.15, -0.1) is 0 Å². The fourth-order valence-corrected chi connectivity index (χ4v) is 4.00. The van der Waals surface area contributed by atoms with Gasteiger partial charge in [0.25, 0.3) is 11.8 Å². The van der Waals surface area contributed by atoms with Crippen LogP contribution in [0.2, 0.25) is 0 Å². The Balaban J connectivity index is 1.54. The summed E-state index contributed by atoms with van der Waals surface area (Å²) in [7, 11) is 0. The molecular weight excluding hydrogens is 368 g/mol. The minimum absolute atomic E-state index is 0.0716. The molecule has 0 bridgehead atoms. The van der Waals surface area contributed by atoms with Gasteiger partial charge in [0.2, 0.25) is 0 Å². The molecule has 29 heavy (non-hydrogen) atoms. The molecule has 2 aliphatic heterocycles. The van der Waals surface area contributed by atoms with Gasteiger partial charge in [-0.3, -0.25) is 9.59 Å². The van der Waals surface area contributed by atoms with Gasteiger partial charge in [-0.2, -0.15) is 0 Å². The van der Waals surface area contributed by atoms with E-state index in [0.29, 0.717) is 24.6 Å². The number of imidazole rings is 1. The molecule has 3 heterocycles. The summed E-state index contributed by atoms with van der Waals surface area (Å²) in [5.74, 6) is -0.186. The summed E-state index contributed by atoms with van der Waals surface area (Å²) >= 11 is 0. The molecule has 4 rings (SSSR count). The van der Waals surface area contributed by atoms with Crippen molar-refractivity contribution >= 4 is 17.5 Å². The number of carbonyl (C=O) groups excluding carboxylic acids is 2. The lowest BCUT2D eigenvalue weighted by Crippen LogP contribution is -2.34. The lowest BCUT2D eigenvalue weighted by atomic mass is 10.1. The molecule has 7 nitrogen and oxygen atoms in total. The maximum absolute atomic E-state index is 12.9. The number of aryl methyl sites for hydroxylation is 2. The van der Waals surface area contributed by atoms with Crippen LogP contribution in [0.1, 0.15) is 63.6 Å². The molecule has 1 aromatic carbocycles. The summed E-state index contributed by atoms with van der Waals surface area (Å²) in [6.07, 6.45) is 4.79. The number of amides is 2. The zero-order chi connectivity index (χ0) is 20.4. The maximum Gasteiger partial charge on any atom is 0.287 e. The van der Waals surface area contributed by atoms with Crippen molar-refractivity contribution < 1.29 is 14.3 Å². The van der Waals surface area contributed by atoms with E-state index in [9.17, 15) is 9.59 Å². The first-order valence-electron chi connectivity index (χ1n) is 10.4. The zero-order valence-electron chi connectivity index (χ0n) is 17.1. The molecule has 0 spiro atoms. The molecule has 7 heteroatoms. The largest absolute Gasteiger partial charge is 0.376 e. The van der Waals surface area contributed by atoms with E-state index in [1.807, 2.05) is 36.6 Å². The van der Waals surface area contributed by atoms with Gasteiger partial charge in [0.05, 0.1) is 11.8 Å². The lowest BCUT2D eigenvalue weighted by Gasteiger charge is -2.17. The molecule has 1 atom stereocenters. The average Bonchev–Trinajstić information content (AvgIpc) is 3.37. The highest BCUT2D eigenvalue weighted by atomic mass is 16.5. The average molecular weight is 396 g/mol. The van der Waals surface area contributed by atoms with Crippen LogP contribution < -0.4 is 10.6 Å². The Morgan fingerprint density at radius 3 is 2.79 bits per heavy atom. The number of anilines is 1. The normalized spacial score (nSPS) is 18.3. The Labute approximate surface area is 170 Å². The second kappa shape index (κ2) is 8.37. The van der Waals surface area contributed by atoms with Gasteiger partial charge in [0, 0.05) is 25.4 Å². The van der Waals surface area contributed by atoms with Crippen LogP contribution in [0.15, 0.2) is 18.2 Å². The van der Waals surface area contributed by atoms with Gasteiger partial charge >= 0.3 is 0 Å². The highest BCUT2D eigenvalue weighted by Gasteiger charge is 2.28. The van der Waals surface area contributed by atoms with Crippen LogP contribution in [0.3, 0.4) is 0 Å². The Morgan fingerprint density at radius 2 is 2.03 bits per heavy atom. The number of nitrogens with zero attached hydrogens (tertiary/aromatic N) is 2. The van der Waals surface area contributed by atoms with E-state index in [-0.39, 0.29) is 17.9 Å². The first-order chi connectivity index (χ1) is 14.0. The van der Waals surface area contributed by atoms with Gasteiger partial charge in [0.15, 0.2) is 11.5 Å². The van der Waals surface area contributed by atoms with Crippen LogP contribution >= 0.6 is 0 Å². The van der Waals surface area contributed by atoms with E-state index >= 15 is 0 Å². The highest BCUT2D eigenvalue weighted by molar-refractivity contribution is 6.05. The molecule has 1 unspecified atom stereocenters. The quantitative estimate of drug-likeness (QED) is 0.814. The molecule has 2 amide bonds. The number of benzene rings is 1. The Kier molecular flexibility index (Phi) is 5.67. The molecule has 1 saturated heterocycles. The number of hydrogen-bond acceptors (Lipinski definition) is 4. The lowest BCUT2D eigenvalue weighted by molar-refractivity contribution is 0.0845. The summed E-state index contributed by atoms with van der Waals surface area (Å²) in [5, 5.41) is 5.87. The second-order valence-electron chi connectivity index (χ2n) is 7.94. The Bertz CT molecular complexity index is 928. The molecule has 2 aliphatic rings. The predicted octanol–water partition coefficient (Wildman–Crippen LogP) is 3.00. The molecule has 0 aliphatic carbocycles. The molecule has 0 saturated carbocycles. The summed E-state index contributed by atoms with van der Waals surface area (Å²) < 4.78 is 7.48. The van der Waals surface area contributed by atoms with Crippen molar-refractivity contribution in [1.82, 2.24) is 14.9 Å². The molecule has 154 valence electrons. The molecular formula is C22H28N4O3. The molecule has 1 aromatic heterocycles. The number of hydrogen-bond donors (Lipinski definition) is 2. The summed E-state index contributed by atoms with van der Waals surface area (Å²) in [4.78, 5) is 30.2. The van der Waals surface area contributed by atoms with E-state index in [4.69, 9.17) is 4.74 Å². The van der Waals surface area contributed by atoms with Crippen LogP contribution in [-0.2, 0) is 17.7 Å². The number of aromatic nitrogens is 2. The van der Waals surface area contributed by atoms with E-state index in [2.05, 4.69) is 15.6 Å². The summed E-state index contributed by atoms with van der Waals surface area (Å²) in [5.41, 5.74) is 4.22. The van der Waals surface area contributed by atoms with Gasteiger partial charge < -0.3 is 19.9 Å². The topological polar surface area (TPSA) is 85.2 Å². The van der Waals surface area contributed by atoms with Crippen molar-refractivity contribution in [2.75, 3.05) is 18.5 Å². The number of rotatable bonds is 5. The van der Waals surface area contributed by atoms with E-state index in [0.717, 1.165) is 55.7 Å².